The molecule has 8 heteroatoms. The quantitative estimate of drug-likeness (QED) is 0.575. The van der Waals surface area contributed by atoms with E-state index in [1.54, 1.807) is 30.3 Å². The van der Waals surface area contributed by atoms with Gasteiger partial charge in [0.25, 0.3) is 11.6 Å². The highest BCUT2D eigenvalue weighted by molar-refractivity contribution is 6.31. The molecule has 0 spiro atoms. The first kappa shape index (κ1) is 19.9. The van der Waals surface area contributed by atoms with Crippen LogP contribution >= 0.6 is 11.6 Å². The van der Waals surface area contributed by atoms with Crippen molar-refractivity contribution in [3.05, 3.63) is 57.1 Å². The molecule has 1 fully saturated rings. The van der Waals surface area contributed by atoms with Gasteiger partial charge >= 0.3 is 0 Å². The predicted molar refractivity (Wildman–Crippen MR) is 110 cm³/mol. The number of halogens is 1. The van der Waals surface area contributed by atoms with Crippen molar-refractivity contribution in [2.45, 2.75) is 19.8 Å². The summed E-state index contributed by atoms with van der Waals surface area (Å²) < 4.78 is 5.22. The summed E-state index contributed by atoms with van der Waals surface area (Å²) in [5.41, 5.74) is 1.08. The van der Waals surface area contributed by atoms with Gasteiger partial charge in [0.2, 0.25) is 0 Å². The molecule has 1 N–H and O–H groups in total. The van der Waals surface area contributed by atoms with Crippen LogP contribution in [0, 0.1) is 16.0 Å². The topological polar surface area (TPSA) is 84.7 Å². The smallest absolute Gasteiger partial charge is 0.293 e. The number of carbonyl (C=O) groups is 1. The highest BCUT2D eigenvalue weighted by Gasteiger charge is 2.25. The molecular weight excluding hydrogens is 382 g/mol. The van der Waals surface area contributed by atoms with Crippen molar-refractivity contribution in [3.63, 3.8) is 0 Å². The highest BCUT2D eigenvalue weighted by atomic mass is 35.5. The third kappa shape index (κ3) is 4.36. The van der Waals surface area contributed by atoms with Gasteiger partial charge in [-0.3, -0.25) is 14.9 Å². The lowest BCUT2D eigenvalue weighted by atomic mass is 9.98. The zero-order valence-corrected chi connectivity index (χ0v) is 16.5. The molecular formula is C20H22ClN3O4. The monoisotopic (exact) mass is 403 g/mol. The Morgan fingerprint density at radius 1 is 1.25 bits per heavy atom. The molecule has 0 radical (unpaired) electrons. The normalized spacial score (nSPS) is 14.6. The van der Waals surface area contributed by atoms with Crippen LogP contribution in [0.4, 0.5) is 17.1 Å². The molecule has 1 amide bonds. The number of anilines is 2. The van der Waals surface area contributed by atoms with Crippen molar-refractivity contribution in [1.82, 2.24) is 0 Å². The molecule has 0 unspecified atom stereocenters. The average molecular weight is 404 g/mol. The van der Waals surface area contributed by atoms with E-state index in [0.717, 1.165) is 25.9 Å². The van der Waals surface area contributed by atoms with Gasteiger partial charge in [-0.2, -0.15) is 0 Å². The van der Waals surface area contributed by atoms with E-state index in [1.165, 1.54) is 13.2 Å². The van der Waals surface area contributed by atoms with Gasteiger partial charge in [-0.15, -0.1) is 0 Å². The molecule has 28 heavy (non-hydrogen) atoms. The number of hydrogen-bond acceptors (Lipinski definition) is 5. The minimum Gasteiger partial charge on any atom is -0.495 e. The first-order valence-corrected chi connectivity index (χ1v) is 9.45. The van der Waals surface area contributed by atoms with Crippen LogP contribution in [0.1, 0.15) is 30.1 Å². The number of piperidine rings is 1. The molecule has 0 bridgehead atoms. The molecule has 2 aromatic carbocycles. The van der Waals surface area contributed by atoms with Crippen LogP contribution in [0.2, 0.25) is 5.02 Å². The second kappa shape index (κ2) is 8.48. The zero-order valence-electron chi connectivity index (χ0n) is 15.8. The van der Waals surface area contributed by atoms with Gasteiger partial charge in [0.1, 0.15) is 11.4 Å². The predicted octanol–water partition coefficient (Wildman–Crippen LogP) is 4.75. The number of nitro groups is 1. The fourth-order valence-electron chi connectivity index (χ4n) is 3.30. The van der Waals surface area contributed by atoms with Crippen LogP contribution in [0.15, 0.2) is 36.4 Å². The van der Waals surface area contributed by atoms with Crippen molar-refractivity contribution in [2.75, 3.05) is 30.4 Å². The van der Waals surface area contributed by atoms with Gasteiger partial charge in [-0.05, 0) is 49.1 Å². The number of ether oxygens (including phenoxy) is 1. The Bertz CT molecular complexity index is 895. The molecule has 0 aromatic heterocycles. The largest absolute Gasteiger partial charge is 0.495 e. The minimum atomic E-state index is -0.470. The second-order valence-electron chi connectivity index (χ2n) is 6.93. The lowest BCUT2D eigenvalue weighted by molar-refractivity contribution is -0.384. The summed E-state index contributed by atoms with van der Waals surface area (Å²) in [7, 11) is 1.48. The number of nitrogens with zero attached hydrogens (tertiary/aromatic N) is 2. The third-order valence-electron chi connectivity index (χ3n) is 4.97. The van der Waals surface area contributed by atoms with Gasteiger partial charge in [0.05, 0.1) is 17.7 Å². The van der Waals surface area contributed by atoms with Crippen LogP contribution in [0.5, 0.6) is 5.75 Å². The van der Waals surface area contributed by atoms with E-state index in [-0.39, 0.29) is 11.3 Å². The fourth-order valence-corrected chi connectivity index (χ4v) is 3.47. The average Bonchev–Trinajstić information content (AvgIpc) is 2.68. The maximum Gasteiger partial charge on any atom is 0.293 e. The Kier molecular flexibility index (Phi) is 6.04. The Balaban J connectivity index is 1.86. The van der Waals surface area contributed by atoms with E-state index in [4.69, 9.17) is 16.3 Å². The van der Waals surface area contributed by atoms with Gasteiger partial charge in [-0.1, -0.05) is 18.5 Å². The number of hydrogen-bond donors (Lipinski definition) is 1. The molecule has 3 rings (SSSR count). The van der Waals surface area contributed by atoms with Crippen molar-refractivity contribution in [2.24, 2.45) is 5.92 Å². The van der Waals surface area contributed by atoms with E-state index >= 15 is 0 Å². The maximum absolute atomic E-state index is 12.7. The van der Waals surface area contributed by atoms with Crippen LogP contribution < -0.4 is 15.0 Å². The summed E-state index contributed by atoms with van der Waals surface area (Å²) in [6.07, 6.45) is 1.99. The summed E-state index contributed by atoms with van der Waals surface area (Å²) in [6, 6.07) is 9.43. The van der Waals surface area contributed by atoms with Crippen molar-refractivity contribution < 1.29 is 14.5 Å². The molecule has 2 aromatic rings. The summed E-state index contributed by atoms with van der Waals surface area (Å²) in [5.74, 6) is 0.599. The van der Waals surface area contributed by atoms with Gasteiger partial charge in [0.15, 0.2) is 0 Å². The molecule has 0 atom stereocenters. The first-order chi connectivity index (χ1) is 13.4. The Morgan fingerprint density at radius 3 is 2.61 bits per heavy atom. The maximum atomic E-state index is 12.7. The lowest BCUT2D eigenvalue weighted by Gasteiger charge is -2.31. The summed E-state index contributed by atoms with van der Waals surface area (Å²) in [6.45, 7) is 3.73. The Morgan fingerprint density at radius 2 is 1.96 bits per heavy atom. The molecule has 0 saturated carbocycles. The fraction of sp³-hybridized carbons (Fsp3) is 0.350. The molecule has 1 saturated heterocycles. The minimum absolute atomic E-state index is 0.0692. The number of nitro benzene ring substituents is 1. The highest BCUT2D eigenvalue weighted by Crippen LogP contribution is 2.33. The van der Waals surface area contributed by atoms with Gasteiger partial charge < -0.3 is 15.0 Å². The number of methoxy groups -OCH3 is 1. The van der Waals surface area contributed by atoms with Crippen LogP contribution in [0.3, 0.4) is 0 Å². The van der Waals surface area contributed by atoms with Crippen molar-refractivity contribution >= 4 is 34.6 Å². The molecule has 1 aliphatic heterocycles. The SMILES string of the molecule is COc1ccc(Cl)cc1NC(=O)c1ccc(N2CCC(C)CC2)c([N+](=O)[O-])c1. The summed E-state index contributed by atoms with van der Waals surface area (Å²) >= 11 is 5.99. The van der Waals surface area contributed by atoms with Crippen molar-refractivity contribution in [3.8, 4) is 5.75 Å². The van der Waals surface area contributed by atoms with Gasteiger partial charge in [0, 0.05) is 29.7 Å². The van der Waals surface area contributed by atoms with Crippen LogP contribution in [-0.2, 0) is 0 Å². The number of nitrogens with one attached hydrogen (secondary N) is 1. The summed E-state index contributed by atoms with van der Waals surface area (Å²) in [4.78, 5) is 25.8. The lowest BCUT2D eigenvalue weighted by Crippen LogP contribution is -2.33. The number of rotatable bonds is 5. The van der Waals surface area contributed by atoms with E-state index in [9.17, 15) is 14.9 Å². The Labute approximate surface area is 168 Å². The van der Waals surface area contributed by atoms with Gasteiger partial charge in [-0.25, -0.2) is 0 Å². The van der Waals surface area contributed by atoms with Crippen LogP contribution in [-0.4, -0.2) is 31.0 Å². The Hall–Kier alpha value is -2.80. The third-order valence-corrected chi connectivity index (χ3v) is 5.20. The number of amides is 1. The van der Waals surface area contributed by atoms with E-state index < -0.39 is 10.8 Å². The molecule has 7 nitrogen and oxygen atoms in total. The molecule has 148 valence electrons. The standard InChI is InChI=1S/C20H22ClN3O4/c1-13-7-9-23(10-8-13)17-5-3-14(11-18(17)24(26)27)20(25)22-16-12-15(21)4-6-19(16)28-2/h3-6,11-13H,7-10H2,1-2H3,(H,22,25). The molecule has 0 aliphatic carbocycles. The first-order valence-electron chi connectivity index (χ1n) is 9.07. The van der Waals surface area contributed by atoms with Crippen LogP contribution in [0.25, 0.3) is 0 Å². The second-order valence-corrected chi connectivity index (χ2v) is 7.37. The molecule has 1 aliphatic rings. The van der Waals surface area contributed by atoms with Crippen molar-refractivity contribution in [1.29, 1.82) is 0 Å². The number of benzene rings is 2. The zero-order chi connectivity index (χ0) is 20.3. The van der Waals surface area contributed by atoms with E-state index in [2.05, 4.69) is 12.2 Å². The number of carbonyl (C=O) groups excluding carboxylic acids is 1. The van der Waals surface area contributed by atoms with E-state index in [1.807, 2.05) is 4.90 Å². The molecule has 1 heterocycles. The summed E-state index contributed by atoms with van der Waals surface area (Å²) in [5, 5.41) is 14.8. The van der Waals surface area contributed by atoms with E-state index in [0.29, 0.717) is 28.1 Å².